The Labute approximate surface area is 144 Å². The first kappa shape index (κ1) is 17.1. The highest BCUT2D eigenvalue weighted by Gasteiger charge is 2.35. The van der Waals surface area contributed by atoms with Gasteiger partial charge in [-0.1, -0.05) is 6.07 Å². The van der Waals surface area contributed by atoms with E-state index in [1.165, 1.54) is 17.3 Å². The van der Waals surface area contributed by atoms with Crippen molar-refractivity contribution in [1.29, 1.82) is 0 Å². The minimum atomic E-state index is -1.39. The molecule has 0 aromatic carbocycles. The fraction of sp³-hybridized carbons (Fsp3) is 0.375. The molecule has 1 aliphatic heterocycles. The average Bonchev–Trinajstić information content (AvgIpc) is 3.10. The molecule has 1 atom stereocenters. The van der Waals surface area contributed by atoms with Crippen LogP contribution in [0.25, 0.3) is 0 Å². The number of carbonyl (C=O) groups excluding carboxylic acids is 2. The van der Waals surface area contributed by atoms with E-state index in [0.29, 0.717) is 18.8 Å². The van der Waals surface area contributed by atoms with Crippen molar-refractivity contribution in [2.75, 3.05) is 32.8 Å². The SMILES string of the molecule is O=C(NCC1(O)COCCN(C(=O)c2ccn[nH]2)C1)c1ccccn1. The maximum Gasteiger partial charge on any atom is 0.272 e. The number of β-amino-alcohol motifs (C(OH)–C–C–N with tert-alkyl or cyclic N) is 1. The lowest BCUT2D eigenvalue weighted by Gasteiger charge is -2.30. The van der Waals surface area contributed by atoms with Crippen LogP contribution in [-0.2, 0) is 4.74 Å². The zero-order valence-corrected chi connectivity index (χ0v) is 13.5. The van der Waals surface area contributed by atoms with Crippen molar-refractivity contribution in [3.8, 4) is 0 Å². The summed E-state index contributed by atoms with van der Waals surface area (Å²) < 4.78 is 5.41. The van der Waals surface area contributed by atoms with E-state index in [2.05, 4.69) is 20.5 Å². The van der Waals surface area contributed by atoms with Gasteiger partial charge in [0.25, 0.3) is 11.8 Å². The topological polar surface area (TPSA) is 120 Å². The summed E-state index contributed by atoms with van der Waals surface area (Å²) in [6.07, 6.45) is 3.00. The first-order chi connectivity index (χ1) is 12.1. The van der Waals surface area contributed by atoms with E-state index >= 15 is 0 Å². The fourth-order valence-electron chi connectivity index (χ4n) is 2.57. The van der Waals surface area contributed by atoms with Gasteiger partial charge in [-0.25, -0.2) is 0 Å². The molecule has 25 heavy (non-hydrogen) atoms. The van der Waals surface area contributed by atoms with Gasteiger partial charge in [-0.3, -0.25) is 19.7 Å². The molecule has 1 fully saturated rings. The van der Waals surface area contributed by atoms with Gasteiger partial charge in [-0.15, -0.1) is 0 Å². The average molecular weight is 345 g/mol. The molecular weight excluding hydrogens is 326 g/mol. The fourth-order valence-corrected chi connectivity index (χ4v) is 2.57. The number of H-pyrrole nitrogens is 1. The molecule has 1 saturated heterocycles. The second-order valence-corrected chi connectivity index (χ2v) is 5.87. The molecule has 0 spiro atoms. The lowest BCUT2D eigenvalue weighted by Crippen LogP contribution is -2.53. The normalized spacial score (nSPS) is 20.8. The first-order valence-corrected chi connectivity index (χ1v) is 7.85. The van der Waals surface area contributed by atoms with Crippen molar-refractivity contribution in [1.82, 2.24) is 25.4 Å². The van der Waals surface area contributed by atoms with Crippen molar-refractivity contribution in [2.24, 2.45) is 0 Å². The molecule has 9 nitrogen and oxygen atoms in total. The van der Waals surface area contributed by atoms with Crippen LogP contribution in [0.2, 0.25) is 0 Å². The standard InChI is InChI=1S/C16H19N5O4/c22-14(12-3-1-2-5-17-12)18-9-16(24)10-21(7-8-25-11-16)15(23)13-4-6-19-20-13/h1-6,24H,7-11H2,(H,18,22)(H,19,20). The van der Waals surface area contributed by atoms with Gasteiger partial charge in [0.15, 0.2) is 0 Å². The van der Waals surface area contributed by atoms with E-state index in [1.807, 2.05) is 0 Å². The molecule has 1 aliphatic rings. The Kier molecular flexibility index (Phi) is 5.05. The van der Waals surface area contributed by atoms with E-state index < -0.39 is 11.5 Å². The molecule has 2 amide bonds. The monoisotopic (exact) mass is 345 g/mol. The molecule has 2 aromatic rings. The van der Waals surface area contributed by atoms with E-state index in [-0.39, 0.29) is 31.3 Å². The summed E-state index contributed by atoms with van der Waals surface area (Å²) in [5.41, 5.74) is -0.802. The Morgan fingerprint density at radius 1 is 1.36 bits per heavy atom. The van der Waals surface area contributed by atoms with Crippen molar-refractivity contribution in [3.63, 3.8) is 0 Å². The Hall–Kier alpha value is -2.78. The molecule has 3 N–H and O–H groups in total. The van der Waals surface area contributed by atoms with Crippen molar-refractivity contribution in [3.05, 3.63) is 48.0 Å². The quantitative estimate of drug-likeness (QED) is 0.683. The number of rotatable bonds is 4. The Balaban J connectivity index is 1.64. The van der Waals surface area contributed by atoms with Gasteiger partial charge < -0.3 is 20.1 Å². The molecule has 3 rings (SSSR count). The lowest BCUT2D eigenvalue weighted by atomic mass is 10.0. The van der Waals surface area contributed by atoms with Crippen molar-refractivity contribution < 1.29 is 19.4 Å². The van der Waals surface area contributed by atoms with E-state index in [1.54, 1.807) is 24.3 Å². The summed E-state index contributed by atoms with van der Waals surface area (Å²) >= 11 is 0. The van der Waals surface area contributed by atoms with Crippen LogP contribution in [0.5, 0.6) is 0 Å². The van der Waals surface area contributed by atoms with Crippen LogP contribution in [0, 0.1) is 0 Å². The van der Waals surface area contributed by atoms with Gasteiger partial charge >= 0.3 is 0 Å². The largest absolute Gasteiger partial charge is 0.384 e. The predicted molar refractivity (Wildman–Crippen MR) is 86.8 cm³/mol. The lowest BCUT2D eigenvalue weighted by molar-refractivity contribution is -0.0324. The number of nitrogens with one attached hydrogen (secondary N) is 2. The van der Waals surface area contributed by atoms with Crippen LogP contribution in [0.1, 0.15) is 21.0 Å². The third kappa shape index (κ3) is 4.20. The van der Waals surface area contributed by atoms with Gasteiger partial charge in [-0.05, 0) is 18.2 Å². The predicted octanol–water partition coefficient (Wildman–Crippen LogP) is -0.562. The second-order valence-electron chi connectivity index (χ2n) is 5.87. The smallest absolute Gasteiger partial charge is 0.272 e. The minimum Gasteiger partial charge on any atom is -0.384 e. The molecule has 0 saturated carbocycles. The highest BCUT2D eigenvalue weighted by Crippen LogP contribution is 2.14. The van der Waals surface area contributed by atoms with E-state index in [4.69, 9.17) is 4.74 Å². The zero-order valence-electron chi connectivity index (χ0n) is 13.5. The first-order valence-electron chi connectivity index (χ1n) is 7.85. The van der Waals surface area contributed by atoms with Gasteiger partial charge in [-0.2, -0.15) is 5.10 Å². The Morgan fingerprint density at radius 3 is 2.96 bits per heavy atom. The molecule has 9 heteroatoms. The summed E-state index contributed by atoms with van der Waals surface area (Å²) in [4.78, 5) is 30.0. The second kappa shape index (κ2) is 7.41. The summed E-state index contributed by atoms with van der Waals surface area (Å²) in [6, 6.07) is 6.56. The van der Waals surface area contributed by atoms with Gasteiger partial charge in [0.2, 0.25) is 0 Å². The molecule has 3 heterocycles. The summed E-state index contributed by atoms with van der Waals surface area (Å²) in [7, 11) is 0. The van der Waals surface area contributed by atoms with Gasteiger partial charge in [0.05, 0.1) is 26.3 Å². The zero-order chi connectivity index (χ0) is 17.7. The molecule has 0 radical (unpaired) electrons. The van der Waals surface area contributed by atoms with Crippen LogP contribution >= 0.6 is 0 Å². The summed E-state index contributed by atoms with van der Waals surface area (Å²) in [5.74, 6) is -0.679. The maximum atomic E-state index is 12.5. The number of aromatic nitrogens is 3. The van der Waals surface area contributed by atoms with Crippen LogP contribution in [0.15, 0.2) is 36.7 Å². The molecule has 132 valence electrons. The number of amides is 2. The highest BCUT2D eigenvalue weighted by molar-refractivity contribution is 5.93. The Bertz CT molecular complexity index is 721. The highest BCUT2D eigenvalue weighted by atomic mass is 16.5. The summed E-state index contributed by atoms with van der Waals surface area (Å²) in [5, 5.41) is 19.8. The number of ether oxygens (including phenoxy) is 1. The van der Waals surface area contributed by atoms with Gasteiger partial charge in [0, 0.05) is 18.9 Å². The number of nitrogens with zero attached hydrogens (tertiary/aromatic N) is 3. The number of pyridine rings is 1. The molecular formula is C16H19N5O4. The molecule has 0 bridgehead atoms. The van der Waals surface area contributed by atoms with Crippen LogP contribution in [-0.4, -0.2) is 75.5 Å². The van der Waals surface area contributed by atoms with E-state index in [9.17, 15) is 14.7 Å². The number of aromatic amines is 1. The van der Waals surface area contributed by atoms with Crippen LogP contribution in [0.4, 0.5) is 0 Å². The number of carbonyl (C=O) groups is 2. The van der Waals surface area contributed by atoms with Crippen molar-refractivity contribution in [2.45, 2.75) is 5.60 Å². The molecule has 1 unspecified atom stereocenters. The van der Waals surface area contributed by atoms with Crippen molar-refractivity contribution >= 4 is 11.8 Å². The Morgan fingerprint density at radius 2 is 2.24 bits per heavy atom. The molecule has 0 aliphatic carbocycles. The number of hydrogen-bond donors (Lipinski definition) is 3. The summed E-state index contributed by atoms with van der Waals surface area (Å²) in [6.45, 7) is 0.634. The van der Waals surface area contributed by atoms with Gasteiger partial charge in [0.1, 0.15) is 17.0 Å². The van der Waals surface area contributed by atoms with E-state index in [0.717, 1.165) is 0 Å². The minimum absolute atomic E-state index is 0.0161. The van der Waals surface area contributed by atoms with Crippen LogP contribution in [0.3, 0.4) is 0 Å². The third-order valence-electron chi connectivity index (χ3n) is 3.86. The van der Waals surface area contributed by atoms with Crippen LogP contribution < -0.4 is 5.32 Å². The number of hydrogen-bond acceptors (Lipinski definition) is 6. The maximum absolute atomic E-state index is 12.5. The third-order valence-corrected chi connectivity index (χ3v) is 3.86. The molecule has 2 aromatic heterocycles. The number of aliphatic hydroxyl groups is 1.